The Morgan fingerprint density at radius 3 is 2.77 bits per heavy atom. The predicted molar refractivity (Wildman–Crippen MR) is 144 cm³/mol. The second kappa shape index (κ2) is 10.5. The van der Waals surface area contributed by atoms with Crippen LogP contribution in [0, 0.1) is 0 Å². The van der Waals surface area contributed by atoms with Crippen LogP contribution in [0.3, 0.4) is 0 Å². The molecule has 0 fully saturated rings. The third-order valence-electron chi connectivity index (χ3n) is 6.44. The molecule has 2 aliphatic rings. The number of allylic oxidation sites excluding steroid dienone is 1. The topological polar surface area (TPSA) is 55.8 Å². The fourth-order valence-corrected chi connectivity index (χ4v) is 4.51. The van der Waals surface area contributed by atoms with E-state index in [4.69, 9.17) is 4.98 Å². The van der Waals surface area contributed by atoms with E-state index in [0.717, 1.165) is 79.0 Å². The Kier molecular flexibility index (Phi) is 7.43. The Morgan fingerprint density at radius 2 is 2.03 bits per heavy atom. The number of fused-ring (bicyclic) bond motifs is 1. The lowest BCUT2D eigenvalue weighted by Crippen LogP contribution is -2.37. The van der Waals surface area contributed by atoms with Crippen molar-refractivity contribution < 1.29 is 4.39 Å². The zero-order valence-corrected chi connectivity index (χ0v) is 21.4. The molecule has 0 bridgehead atoms. The molecule has 0 atom stereocenters. The smallest absolute Gasteiger partial charge is 0.158 e. The fourth-order valence-electron chi connectivity index (χ4n) is 4.51. The molecule has 0 spiro atoms. The predicted octanol–water partition coefficient (Wildman–Crippen LogP) is 5.69. The largest absolute Gasteiger partial charge is 0.369 e. The zero-order valence-electron chi connectivity index (χ0n) is 21.4. The van der Waals surface area contributed by atoms with E-state index in [1.165, 1.54) is 0 Å². The Balaban J connectivity index is 1.71. The number of nitrogens with zero attached hydrogens (tertiary/aromatic N) is 4. The highest BCUT2D eigenvalue weighted by molar-refractivity contribution is 5.95. The first-order chi connectivity index (χ1) is 16.8. The Hall–Kier alpha value is -3.35. The van der Waals surface area contributed by atoms with Crippen LogP contribution in [0.2, 0.25) is 0 Å². The van der Waals surface area contributed by atoms with Crippen LogP contribution >= 0.6 is 0 Å². The van der Waals surface area contributed by atoms with Crippen molar-refractivity contribution in [2.24, 2.45) is 4.99 Å². The zero-order chi connectivity index (χ0) is 25.0. The molecule has 0 radical (unpaired) electrons. The van der Waals surface area contributed by atoms with Crippen molar-refractivity contribution in [3.63, 3.8) is 0 Å². The Bertz CT molecular complexity index is 1130. The summed E-state index contributed by atoms with van der Waals surface area (Å²) >= 11 is 0. The van der Waals surface area contributed by atoms with Crippen LogP contribution in [0.1, 0.15) is 52.5 Å². The normalized spacial score (nSPS) is 16.0. The minimum Gasteiger partial charge on any atom is -0.369 e. The van der Waals surface area contributed by atoms with Crippen molar-refractivity contribution in [1.82, 2.24) is 15.6 Å². The molecule has 2 aliphatic heterocycles. The summed E-state index contributed by atoms with van der Waals surface area (Å²) in [6.07, 6.45) is 5.00. The Morgan fingerprint density at radius 1 is 1.20 bits per heavy atom. The van der Waals surface area contributed by atoms with Gasteiger partial charge < -0.3 is 20.4 Å². The van der Waals surface area contributed by atoms with Crippen molar-refractivity contribution >= 4 is 17.3 Å². The van der Waals surface area contributed by atoms with Crippen LogP contribution in [-0.2, 0) is 5.67 Å². The van der Waals surface area contributed by atoms with Crippen LogP contribution in [0.5, 0.6) is 0 Å². The number of anilines is 2. The van der Waals surface area contributed by atoms with Crippen molar-refractivity contribution in [2.75, 3.05) is 36.1 Å². The van der Waals surface area contributed by atoms with E-state index in [1.54, 1.807) is 13.8 Å². The highest BCUT2D eigenvalue weighted by Crippen LogP contribution is 2.36. The third-order valence-corrected chi connectivity index (χ3v) is 6.44. The maximum absolute atomic E-state index is 14.6. The number of pyridine rings is 1. The van der Waals surface area contributed by atoms with Gasteiger partial charge in [-0.15, -0.1) is 0 Å². The molecule has 2 N–H and O–H groups in total. The summed E-state index contributed by atoms with van der Waals surface area (Å²) in [5.41, 5.74) is 3.19. The van der Waals surface area contributed by atoms with Gasteiger partial charge in [-0.1, -0.05) is 38.6 Å². The van der Waals surface area contributed by atoms with Crippen LogP contribution in [-0.4, -0.2) is 37.1 Å². The highest BCUT2D eigenvalue weighted by Gasteiger charge is 2.25. The van der Waals surface area contributed by atoms with E-state index in [2.05, 4.69) is 51.9 Å². The minimum absolute atomic E-state index is 0.555. The van der Waals surface area contributed by atoms with E-state index < -0.39 is 5.67 Å². The van der Waals surface area contributed by atoms with Gasteiger partial charge in [-0.3, -0.25) is 0 Å². The Labute approximate surface area is 208 Å². The fraction of sp³-hybridized carbons (Fsp3) is 0.429. The molecule has 3 heterocycles. The van der Waals surface area contributed by atoms with Crippen molar-refractivity contribution in [1.29, 1.82) is 0 Å². The molecule has 4 rings (SSSR count). The molecule has 0 saturated heterocycles. The molecule has 186 valence electrons. The maximum Gasteiger partial charge on any atom is 0.158 e. The number of hydrogen-bond donors (Lipinski definition) is 2. The van der Waals surface area contributed by atoms with Gasteiger partial charge in [0.05, 0.1) is 11.4 Å². The molecule has 0 aliphatic carbocycles. The molecule has 7 heteroatoms. The molecule has 0 saturated carbocycles. The number of aliphatic imine (C=N–C) groups is 1. The van der Waals surface area contributed by atoms with Crippen molar-refractivity contribution in [3.05, 3.63) is 66.1 Å². The lowest BCUT2D eigenvalue weighted by molar-refractivity contribution is 0.221. The number of amidine groups is 1. The first-order valence-corrected chi connectivity index (χ1v) is 12.6. The standard InChI is InChI=1S/C28H37FN6/c1-6-14-34-15-9-16-35(20(3)32-26-18-23(7-2)30-19-31-26)27-25(34)13-12-24(33-27)21-10-8-11-22(17-21)28(4,5)29/h8,10-13,17-18,30H,3,6-7,9,14-16,19H2,1-2,4-5H3,(H,31,32). The minimum atomic E-state index is -1.41. The van der Waals surface area contributed by atoms with E-state index >= 15 is 0 Å². The van der Waals surface area contributed by atoms with Gasteiger partial charge in [-0.25, -0.2) is 14.4 Å². The molecule has 6 nitrogen and oxygen atoms in total. The lowest BCUT2D eigenvalue weighted by atomic mass is 9.97. The summed E-state index contributed by atoms with van der Waals surface area (Å²) in [5.74, 6) is 2.42. The molecule has 2 aromatic rings. The molecular weight excluding hydrogens is 439 g/mol. The monoisotopic (exact) mass is 476 g/mol. The summed E-state index contributed by atoms with van der Waals surface area (Å²) in [7, 11) is 0. The third kappa shape index (κ3) is 5.66. The maximum atomic E-state index is 14.6. The van der Waals surface area contributed by atoms with Crippen LogP contribution in [0.15, 0.2) is 65.6 Å². The van der Waals surface area contributed by atoms with E-state index in [0.29, 0.717) is 12.2 Å². The molecule has 35 heavy (non-hydrogen) atoms. The van der Waals surface area contributed by atoms with Gasteiger partial charge >= 0.3 is 0 Å². The summed E-state index contributed by atoms with van der Waals surface area (Å²) < 4.78 is 14.6. The number of aromatic nitrogens is 1. The number of rotatable bonds is 7. The number of benzene rings is 1. The summed E-state index contributed by atoms with van der Waals surface area (Å²) in [4.78, 5) is 14.2. The first kappa shape index (κ1) is 24.8. The van der Waals surface area contributed by atoms with Gasteiger partial charge in [0.25, 0.3) is 0 Å². The molecule has 0 unspecified atom stereocenters. The second-order valence-corrected chi connectivity index (χ2v) is 9.56. The quantitative estimate of drug-likeness (QED) is 0.537. The lowest BCUT2D eigenvalue weighted by Gasteiger charge is -2.29. The average Bonchev–Trinajstić information content (AvgIpc) is 3.03. The number of nitrogens with one attached hydrogen (secondary N) is 2. The SMILES string of the molecule is C=C(NC1=NCNC(CC)=C1)N1CCCN(CCC)c2ccc(-c3cccc(C(C)(C)F)c3)nc21. The van der Waals surface area contributed by atoms with E-state index in [9.17, 15) is 4.39 Å². The van der Waals surface area contributed by atoms with Crippen LogP contribution in [0.25, 0.3) is 11.3 Å². The number of hydrogen-bond acceptors (Lipinski definition) is 6. The molecular formula is C28H37FN6. The van der Waals surface area contributed by atoms with Crippen molar-refractivity contribution in [2.45, 2.75) is 52.6 Å². The highest BCUT2D eigenvalue weighted by atomic mass is 19.1. The summed E-state index contributed by atoms with van der Waals surface area (Å²) in [6, 6.07) is 11.8. The first-order valence-electron chi connectivity index (χ1n) is 12.6. The van der Waals surface area contributed by atoms with Gasteiger partial charge in [-0.05, 0) is 62.9 Å². The van der Waals surface area contributed by atoms with Gasteiger partial charge in [0.1, 0.15) is 24.0 Å². The summed E-state index contributed by atoms with van der Waals surface area (Å²) in [5, 5.41) is 6.70. The van der Waals surface area contributed by atoms with Gasteiger partial charge in [-0.2, -0.15) is 0 Å². The van der Waals surface area contributed by atoms with Gasteiger partial charge in [0.2, 0.25) is 0 Å². The molecule has 1 aromatic heterocycles. The second-order valence-electron chi connectivity index (χ2n) is 9.56. The van der Waals surface area contributed by atoms with Crippen LogP contribution < -0.4 is 20.4 Å². The number of alkyl halides is 1. The van der Waals surface area contributed by atoms with E-state index in [-0.39, 0.29) is 0 Å². The molecule has 0 amide bonds. The number of halogens is 1. The van der Waals surface area contributed by atoms with Gasteiger partial charge in [0, 0.05) is 30.9 Å². The van der Waals surface area contributed by atoms with E-state index in [1.807, 2.05) is 36.4 Å². The molecule has 1 aromatic carbocycles. The summed E-state index contributed by atoms with van der Waals surface area (Å²) in [6.45, 7) is 15.1. The van der Waals surface area contributed by atoms with Gasteiger partial charge in [0.15, 0.2) is 5.82 Å². The van der Waals surface area contributed by atoms with Crippen LogP contribution in [0.4, 0.5) is 15.9 Å². The average molecular weight is 477 g/mol. The van der Waals surface area contributed by atoms with Crippen molar-refractivity contribution in [3.8, 4) is 11.3 Å².